The maximum absolute atomic E-state index is 12.7. The Morgan fingerprint density at radius 1 is 1.16 bits per heavy atom. The van der Waals surface area contributed by atoms with E-state index in [0.717, 1.165) is 12.8 Å². The van der Waals surface area contributed by atoms with Crippen molar-refractivity contribution in [2.24, 2.45) is 11.8 Å². The van der Waals surface area contributed by atoms with Crippen LogP contribution in [-0.2, 0) is 19.6 Å². The lowest BCUT2D eigenvalue weighted by molar-refractivity contribution is -0.141. The fourth-order valence-electron chi connectivity index (χ4n) is 3.29. The van der Waals surface area contributed by atoms with Crippen LogP contribution in [0.15, 0.2) is 29.2 Å². The van der Waals surface area contributed by atoms with Crippen molar-refractivity contribution in [2.75, 3.05) is 24.5 Å². The molecule has 0 spiro atoms. The number of carbonyl (C=O) groups is 2. The van der Waals surface area contributed by atoms with Crippen molar-refractivity contribution in [3.8, 4) is 0 Å². The molecular weight excluding hydrogens is 344 g/mol. The van der Waals surface area contributed by atoms with Crippen LogP contribution in [0, 0.1) is 11.8 Å². The number of carboxylic acid groups (broad SMARTS) is 1. The number of aliphatic carboxylic acids is 1. The van der Waals surface area contributed by atoms with Gasteiger partial charge in [0, 0.05) is 31.7 Å². The number of carbonyl (C=O) groups excluding carboxylic acids is 1. The summed E-state index contributed by atoms with van der Waals surface area (Å²) in [6.07, 6.45) is 1.69. The molecule has 2 aliphatic rings. The highest BCUT2D eigenvalue weighted by Gasteiger charge is 2.35. The molecule has 136 valence electrons. The minimum Gasteiger partial charge on any atom is -0.481 e. The average molecular weight is 366 g/mol. The molecule has 0 saturated carbocycles. The molecule has 2 aliphatic heterocycles. The van der Waals surface area contributed by atoms with Gasteiger partial charge in [-0.3, -0.25) is 9.59 Å². The SMILES string of the molecule is CC1CCN(S(=O)(=O)c2ccc(N3C[C@H](C(=O)O)CC3=O)cc2)CC1. The number of rotatable bonds is 4. The lowest BCUT2D eigenvalue weighted by atomic mass is 10.0. The number of hydrogen-bond acceptors (Lipinski definition) is 4. The Morgan fingerprint density at radius 2 is 1.76 bits per heavy atom. The van der Waals surface area contributed by atoms with Crippen molar-refractivity contribution < 1.29 is 23.1 Å². The van der Waals surface area contributed by atoms with E-state index < -0.39 is 21.9 Å². The first-order valence-electron chi connectivity index (χ1n) is 8.42. The molecule has 1 atom stereocenters. The predicted molar refractivity (Wildman–Crippen MR) is 91.7 cm³/mol. The van der Waals surface area contributed by atoms with Gasteiger partial charge in [0.15, 0.2) is 0 Å². The van der Waals surface area contributed by atoms with Gasteiger partial charge in [0.25, 0.3) is 0 Å². The van der Waals surface area contributed by atoms with Crippen LogP contribution in [0.3, 0.4) is 0 Å². The van der Waals surface area contributed by atoms with Gasteiger partial charge >= 0.3 is 5.97 Å². The van der Waals surface area contributed by atoms with Crippen LogP contribution >= 0.6 is 0 Å². The van der Waals surface area contributed by atoms with Gasteiger partial charge in [-0.05, 0) is 43.0 Å². The molecule has 0 radical (unpaired) electrons. The maximum atomic E-state index is 12.7. The molecule has 0 aromatic heterocycles. The van der Waals surface area contributed by atoms with Crippen molar-refractivity contribution in [1.82, 2.24) is 4.31 Å². The number of amides is 1. The van der Waals surface area contributed by atoms with Crippen molar-refractivity contribution in [2.45, 2.75) is 31.1 Å². The Morgan fingerprint density at radius 3 is 2.28 bits per heavy atom. The minimum atomic E-state index is -3.53. The molecule has 1 amide bonds. The van der Waals surface area contributed by atoms with Crippen molar-refractivity contribution in [3.05, 3.63) is 24.3 Å². The molecule has 3 rings (SSSR count). The highest BCUT2D eigenvalue weighted by molar-refractivity contribution is 7.89. The number of piperidine rings is 1. The van der Waals surface area contributed by atoms with Gasteiger partial charge in [-0.2, -0.15) is 4.31 Å². The van der Waals surface area contributed by atoms with Gasteiger partial charge in [-0.1, -0.05) is 6.92 Å². The Hall–Kier alpha value is -1.93. The van der Waals surface area contributed by atoms with Gasteiger partial charge in [0.2, 0.25) is 15.9 Å². The molecule has 1 aromatic rings. The molecule has 2 fully saturated rings. The summed E-state index contributed by atoms with van der Waals surface area (Å²) in [6, 6.07) is 6.12. The number of nitrogens with zero attached hydrogens (tertiary/aromatic N) is 2. The Kier molecular flexibility index (Phi) is 4.83. The fraction of sp³-hybridized carbons (Fsp3) is 0.529. The zero-order valence-corrected chi connectivity index (χ0v) is 14.9. The molecule has 8 heteroatoms. The molecule has 2 saturated heterocycles. The quantitative estimate of drug-likeness (QED) is 0.872. The third kappa shape index (κ3) is 3.55. The maximum Gasteiger partial charge on any atom is 0.308 e. The summed E-state index contributed by atoms with van der Waals surface area (Å²) in [7, 11) is -3.53. The third-order valence-electron chi connectivity index (χ3n) is 5.00. The number of benzene rings is 1. The molecule has 25 heavy (non-hydrogen) atoms. The highest BCUT2D eigenvalue weighted by atomic mass is 32.2. The first kappa shape index (κ1) is 17.9. The van der Waals surface area contributed by atoms with Crippen molar-refractivity contribution >= 4 is 27.6 Å². The van der Waals surface area contributed by atoms with E-state index in [2.05, 4.69) is 6.92 Å². The van der Waals surface area contributed by atoms with Crippen LogP contribution in [0.5, 0.6) is 0 Å². The lowest BCUT2D eigenvalue weighted by Crippen LogP contribution is -2.37. The largest absolute Gasteiger partial charge is 0.481 e. The van der Waals surface area contributed by atoms with Crippen molar-refractivity contribution in [1.29, 1.82) is 0 Å². The summed E-state index contributed by atoms with van der Waals surface area (Å²) in [5.74, 6) is -1.43. The molecule has 0 aliphatic carbocycles. The normalized spacial score (nSPS) is 23.2. The number of carboxylic acids is 1. The summed E-state index contributed by atoms with van der Waals surface area (Å²) >= 11 is 0. The van der Waals surface area contributed by atoms with Crippen LogP contribution in [0.2, 0.25) is 0 Å². The topological polar surface area (TPSA) is 95.0 Å². The molecule has 2 heterocycles. The highest BCUT2D eigenvalue weighted by Crippen LogP contribution is 2.28. The monoisotopic (exact) mass is 366 g/mol. The molecule has 1 aromatic carbocycles. The second-order valence-corrected chi connectivity index (χ2v) is 8.76. The zero-order valence-electron chi connectivity index (χ0n) is 14.1. The first-order chi connectivity index (χ1) is 11.8. The molecule has 1 N–H and O–H groups in total. The summed E-state index contributed by atoms with van der Waals surface area (Å²) in [5.41, 5.74) is 0.528. The Balaban J connectivity index is 1.76. The Bertz CT molecular complexity index is 767. The van der Waals surface area contributed by atoms with E-state index >= 15 is 0 Å². The van der Waals surface area contributed by atoms with E-state index in [1.165, 1.54) is 21.3 Å². The summed E-state index contributed by atoms with van der Waals surface area (Å²) in [6.45, 7) is 3.28. The van der Waals surface area contributed by atoms with Gasteiger partial charge in [0.1, 0.15) is 0 Å². The van der Waals surface area contributed by atoms with Gasteiger partial charge in [-0.25, -0.2) is 8.42 Å². The lowest BCUT2D eigenvalue weighted by Gasteiger charge is -2.29. The van der Waals surface area contributed by atoms with E-state index in [0.29, 0.717) is 24.7 Å². The van der Waals surface area contributed by atoms with Gasteiger partial charge in [-0.15, -0.1) is 0 Å². The van der Waals surface area contributed by atoms with E-state index in [4.69, 9.17) is 5.11 Å². The van der Waals surface area contributed by atoms with Crippen molar-refractivity contribution in [3.63, 3.8) is 0 Å². The minimum absolute atomic E-state index is 0.0264. The van der Waals surface area contributed by atoms with E-state index in [9.17, 15) is 18.0 Å². The molecular formula is C17H22N2O5S. The molecule has 0 bridgehead atoms. The summed E-state index contributed by atoms with van der Waals surface area (Å²) < 4.78 is 26.9. The molecule has 7 nitrogen and oxygen atoms in total. The number of anilines is 1. The number of sulfonamides is 1. The van der Waals surface area contributed by atoms with Gasteiger partial charge in [0.05, 0.1) is 10.8 Å². The smallest absolute Gasteiger partial charge is 0.308 e. The third-order valence-corrected chi connectivity index (χ3v) is 6.92. The summed E-state index contributed by atoms with van der Waals surface area (Å²) in [5, 5.41) is 9.05. The summed E-state index contributed by atoms with van der Waals surface area (Å²) in [4.78, 5) is 24.6. The Labute approximate surface area is 147 Å². The van der Waals surface area contributed by atoms with Crippen LogP contribution in [0.1, 0.15) is 26.2 Å². The zero-order chi connectivity index (χ0) is 18.2. The molecule has 0 unspecified atom stereocenters. The van der Waals surface area contributed by atoms with E-state index in [1.807, 2.05) is 0 Å². The van der Waals surface area contributed by atoms with Crippen LogP contribution < -0.4 is 4.90 Å². The average Bonchev–Trinajstić information content (AvgIpc) is 2.97. The second-order valence-electron chi connectivity index (χ2n) is 6.82. The van der Waals surface area contributed by atoms with Crippen LogP contribution in [-0.4, -0.2) is 49.3 Å². The van der Waals surface area contributed by atoms with Crippen LogP contribution in [0.25, 0.3) is 0 Å². The standard InChI is InChI=1S/C17H22N2O5S/c1-12-6-8-18(9-7-12)25(23,24)15-4-2-14(3-5-15)19-11-13(17(21)22)10-16(19)20/h2-5,12-13H,6-11H2,1H3,(H,21,22)/t13-/m1/s1. The first-order valence-corrected chi connectivity index (χ1v) is 9.86. The van der Waals surface area contributed by atoms with Gasteiger partial charge < -0.3 is 10.0 Å². The van der Waals surface area contributed by atoms with Crippen LogP contribution in [0.4, 0.5) is 5.69 Å². The fourth-order valence-corrected chi connectivity index (χ4v) is 4.76. The van der Waals surface area contributed by atoms with E-state index in [1.54, 1.807) is 12.1 Å². The second kappa shape index (κ2) is 6.76. The predicted octanol–water partition coefficient (Wildman–Crippen LogP) is 1.54. The van der Waals surface area contributed by atoms with E-state index in [-0.39, 0.29) is 23.8 Å². The number of hydrogen-bond donors (Lipinski definition) is 1.